The molecule has 26 heavy (non-hydrogen) atoms. The van der Waals surface area contributed by atoms with Crippen LogP contribution in [0.5, 0.6) is 0 Å². The fourth-order valence-electron chi connectivity index (χ4n) is 3.27. The number of carbonyl (C=O) groups excluding carboxylic acids is 1. The number of morpholine rings is 1. The van der Waals surface area contributed by atoms with Crippen LogP contribution in [0.15, 0.2) is 23.4 Å². The number of ether oxygens (including phenoxy) is 1. The van der Waals surface area contributed by atoms with Crippen molar-refractivity contribution in [3.05, 3.63) is 45.9 Å². The minimum absolute atomic E-state index is 0.0195. The number of rotatable bonds is 6. The van der Waals surface area contributed by atoms with Crippen LogP contribution in [0.4, 0.5) is 0 Å². The van der Waals surface area contributed by atoms with E-state index in [1.54, 1.807) is 4.68 Å². The summed E-state index contributed by atoms with van der Waals surface area (Å²) in [6, 6.07) is 1.50. The number of hydrogen-bond acceptors (Lipinski definition) is 5. The summed E-state index contributed by atoms with van der Waals surface area (Å²) in [7, 11) is 1.89. The van der Waals surface area contributed by atoms with Crippen molar-refractivity contribution in [2.45, 2.75) is 38.7 Å². The van der Waals surface area contributed by atoms with E-state index in [1.165, 1.54) is 12.4 Å². The Morgan fingerprint density at radius 1 is 1.42 bits per heavy atom. The van der Waals surface area contributed by atoms with Gasteiger partial charge < -0.3 is 14.6 Å². The van der Waals surface area contributed by atoms with Gasteiger partial charge in [0.25, 0.3) is 5.56 Å². The maximum Gasteiger partial charge on any atom is 0.250 e. The molecule has 1 aliphatic heterocycles. The van der Waals surface area contributed by atoms with Crippen LogP contribution in [0.2, 0.25) is 0 Å². The number of aromatic nitrogens is 4. The van der Waals surface area contributed by atoms with Gasteiger partial charge in [-0.25, -0.2) is 4.98 Å². The lowest BCUT2D eigenvalue weighted by Gasteiger charge is -2.33. The molecule has 1 N–H and O–H groups in total. The fourth-order valence-corrected chi connectivity index (χ4v) is 3.27. The van der Waals surface area contributed by atoms with Gasteiger partial charge in [-0.05, 0) is 31.7 Å². The number of carbonyl (C=O) groups is 1. The highest BCUT2D eigenvalue weighted by Crippen LogP contribution is 2.14. The second-order valence-corrected chi connectivity index (χ2v) is 6.69. The Kier molecular flexibility index (Phi) is 5.82. The lowest BCUT2D eigenvalue weighted by molar-refractivity contribution is -0.138. The second-order valence-electron chi connectivity index (χ2n) is 6.69. The summed E-state index contributed by atoms with van der Waals surface area (Å²) in [5, 5.41) is 4.31. The summed E-state index contributed by atoms with van der Waals surface area (Å²) >= 11 is 0. The molecular weight excluding hydrogens is 334 g/mol. The van der Waals surface area contributed by atoms with Gasteiger partial charge in [0.05, 0.1) is 24.7 Å². The molecule has 0 spiro atoms. The molecule has 8 heteroatoms. The molecule has 0 unspecified atom stereocenters. The monoisotopic (exact) mass is 359 g/mol. The quantitative estimate of drug-likeness (QED) is 0.815. The molecule has 0 radical (unpaired) electrons. The van der Waals surface area contributed by atoms with E-state index in [0.717, 1.165) is 23.4 Å². The predicted molar refractivity (Wildman–Crippen MR) is 95.8 cm³/mol. The maximum absolute atomic E-state index is 12.5. The Balaban J connectivity index is 1.48. The number of amides is 1. The Hall–Kier alpha value is -2.48. The molecule has 3 heterocycles. The lowest BCUT2D eigenvalue weighted by Crippen LogP contribution is -2.45. The number of nitrogens with one attached hydrogen (secondary N) is 1. The van der Waals surface area contributed by atoms with Crippen molar-refractivity contribution < 1.29 is 9.53 Å². The summed E-state index contributed by atoms with van der Waals surface area (Å²) in [6.07, 6.45) is 5.95. The van der Waals surface area contributed by atoms with Crippen molar-refractivity contribution in [3.8, 4) is 0 Å². The summed E-state index contributed by atoms with van der Waals surface area (Å²) < 4.78 is 7.55. The highest BCUT2D eigenvalue weighted by Gasteiger charge is 2.24. The standard InChI is InChI=1S/C18H25N5O3/c1-13-14(10-22(2)21-13)3-6-18(25)23-7-8-26-16(11-23)5-4-15-9-17(24)20-12-19-15/h9-10,12,16H,3-8,11H2,1-2H3,(H,19,20,24)/t16-/m1/s1. The summed E-state index contributed by atoms with van der Waals surface area (Å²) in [5.74, 6) is 0.149. The number of H-pyrrole nitrogens is 1. The number of hydrogen-bond donors (Lipinski definition) is 1. The fraction of sp³-hybridized carbons (Fsp3) is 0.556. The molecule has 140 valence electrons. The zero-order valence-electron chi connectivity index (χ0n) is 15.3. The van der Waals surface area contributed by atoms with Crippen molar-refractivity contribution in [2.24, 2.45) is 7.05 Å². The molecule has 0 aromatic carbocycles. The molecule has 1 amide bonds. The van der Waals surface area contributed by atoms with E-state index in [-0.39, 0.29) is 17.6 Å². The topological polar surface area (TPSA) is 93.1 Å². The van der Waals surface area contributed by atoms with Crippen LogP contribution in [0.1, 0.15) is 29.8 Å². The maximum atomic E-state index is 12.5. The lowest BCUT2D eigenvalue weighted by atomic mass is 10.1. The first-order valence-corrected chi connectivity index (χ1v) is 8.93. The van der Waals surface area contributed by atoms with Crippen LogP contribution >= 0.6 is 0 Å². The van der Waals surface area contributed by atoms with Gasteiger partial charge in [0.15, 0.2) is 0 Å². The van der Waals surface area contributed by atoms with Crippen molar-refractivity contribution in [1.82, 2.24) is 24.6 Å². The Morgan fingerprint density at radius 2 is 2.27 bits per heavy atom. The van der Waals surface area contributed by atoms with Crippen LogP contribution < -0.4 is 5.56 Å². The molecular formula is C18H25N5O3. The Labute approximate surface area is 152 Å². The van der Waals surface area contributed by atoms with Gasteiger partial charge in [-0.2, -0.15) is 5.10 Å². The molecule has 8 nitrogen and oxygen atoms in total. The van der Waals surface area contributed by atoms with E-state index in [4.69, 9.17) is 4.74 Å². The smallest absolute Gasteiger partial charge is 0.250 e. The summed E-state index contributed by atoms with van der Waals surface area (Å²) in [6.45, 7) is 3.73. The Bertz CT molecular complexity index is 813. The van der Waals surface area contributed by atoms with Crippen LogP contribution in [0.25, 0.3) is 0 Å². The first-order chi connectivity index (χ1) is 12.5. The summed E-state index contributed by atoms with van der Waals surface area (Å²) in [4.78, 5) is 32.4. The Morgan fingerprint density at radius 3 is 3.00 bits per heavy atom. The number of nitrogens with zero attached hydrogens (tertiary/aromatic N) is 4. The number of aryl methyl sites for hydroxylation is 4. The zero-order valence-corrected chi connectivity index (χ0v) is 15.3. The van der Waals surface area contributed by atoms with E-state index >= 15 is 0 Å². The molecule has 0 saturated carbocycles. The summed E-state index contributed by atoms with van der Waals surface area (Å²) in [5.41, 5.74) is 2.69. The molecule has 0 bridgehead atoms. The van der Waals surface area contributed by atoms with Crippen molar-refractivity contribution in [2.75, 3.05) is 19.7 Å². The third kappa shape index (κ3) is 4.78. The van der Waals surface area contributed by atoms with Crippen LogP contribution in [0, 0.1) is 6.92 Å². The van der Waals surface area contributed by atoms with Gasteiger partial charge in [0.1, 0.15) is 0 Å². The minimum Gasteiger partial charge on any atom is -0.375 e. The van der Waals surface area contributed by atoms with E-state index in [9.17, 15) is 9.59 Å². The molecule has 2 aromatic heterocycles. The van der Waals surface area contributed by atoms with Crippen LogP contribution in [0.3, 0.4) is 0 Å². The third-order valence-electron chi connectivity index (χ3n) is 4.67. The largest absolute Gasteiger partial charge is 0.375 e. The second kappa shape index (κ2) is 8.27. The first-order valence-electron chi connectivity index (χ1n) is 8.93. The molecule has 3 rings (SSSR count). The van der Waals surface area contributed by atoms with Gasteiger partial charge in [-0.3, -0.25) is 14.3 Å². The van der Waals surface area contributed by atoms with E-state index in [1.807, 2.05) is 25.1 Å². The van der Waals surface area contributed by atoms with Crippen LogP contribution in [-0.4, -0.2) is 56.4 Å². The molecule has 2 aromatic rings. The molecule has 1 atom stereocenters. The molecule has 0 aliphatic carbocycles. The van der Waals surface area contributed by atoms with Crippen molar-refractivity contribution in [1.29, 1.82) is 0 Å². The van der Waals surface area contributed by atoms with Gasteiger partial charge in [0, 0.05) is 44.5 Å². The van der Waals surface area contributed by atoms with E-state index < -0.39 is 0 Å². The van der Waals surface area contributed by atoms with E-state index in [2.05, 4.69) is 15.1 Å². The highest BCUT2D eigenvalue weighted by molar-refractivity contribution is 5.76. The molecule has 1 fully saturated rings. The van der Waals surface area contributed by atoms with Crippen molar-refractivity contribution >= 4 is 5.91 Å². The number of aromatic amines is 1. The van der Waals surface area contributed by atoms with Crippen LogP contribution in [-0.2, 0) is 29.4 Å². The molecule has 1 aliphatic rings. The van der Waals surface area contributed by atoms with Crippen molar-refractivity contribution in [3.63, 3.8) is 0 Å². The van der Waals surface area contributed by atoms with Gasteiger partial charge in [0.2, 0.25) is 5.91 Å². The van der Waals surface area contributed by atoms with Gasteiger partial charge in [-0.15, -0.1) is 0 Å². The molecule has 1 saturated heterocycles. The zero-order chi connectivity index (χ0) is 18.5. The SMILES string of the molecule is Cc1nn(C)cc1CCC(=O)N1CCO[C@H](CCc2cc(=O)[nH]cn2)C1. The third-order valence-corrected chi connectivity index (χ3v) is 4.67. The first kappa shape index (κ1) is 18.3. The minimum atomic E-state index is -0.151. The van der Waals surface area contributed by atoms with Gasteiger partial charge in [-0.1, -0.05) is 0 Å². The van der Waals surface area contributed by atoms with E-state index in [0.29, 0.717) is 39.0 Å². The van der Waals surface area contributed by atoms with Gasteiger partial charge >= 0.3 is 0 Å². The highest BCUT2D eigenvalue weighted by atomic mass is 16.5. The predicted octanol–water partition coefficient (Wildman–Crippen LogP) is 0.605. The average molecular weight is 359 g/mol. The average Bonchev–Trinajstić information content (AvgIpc) is 2.95. The normalized spacial score (nSPS) is 17.5.